The van der Waals surface area contributed by atoms with E-state index in [4.69, 9.17) is 15.2 Å². The van der Waals surface area contributed by atoms with Crippen molar-refractivity contribution in [2.24, 2.45) is 5.73 Å². The molecule has 3 nitrogen and oxygen atoms in total. The lowest BCUT2D eigenvalue weighted by molar-refractivity contribution is -0.117. The van der Waals surface area contributed by atoms with Crippen molar-refractivity contribution in [2.75, 3.05) is 14.2 Å². The molecule has 2 N–H and O–H groups in total. The first-order valence-electron chi connectivity index (χ1n) is 4.05. The molecular formula is C9H15NO2S. The van der Waals surface area contributed by atoms with E-state index in [2.05, 4.69) is 13.0 Å². The van der Waals surface area contributed by atoms with E-state index in [9.17, 15) is 0 Å². The van der Waals surface area contributed by atoms with Crippen molar-refractivity contribution in [3.8, 4) is 0 Å². The molecule has 0 aliphatic rings. The number of hydrogen-bond donors (Lipinski definition) is 1. The van der Waals surface area contributed by atoms with Gasteiger partial charge in [0.2, 0.25) is 0 Å². The van der Waals surface area contributed by atoms with Crippen LogP contribution in [0, 0.1) is 6.92 Å². The zero-order valence-corrected chi connectivity index (χ0v) is 8.93. The SMILES string of the molecule is COC(OC)C(N)c1csc(C)c1. The molecule has 4 heteroatoms. The summed E-state index contributed by atoms with van der Waals surface area (Å²) in [5.41, 5.74) is 7.00. The molecule has 1 aromatic rings. The Kier molecular flexibility index (Phi) is 3.87. The molecule has 0 bridgehead atoms. The highest BCUT2D eigenvalue weighted by atomic mass is 32.1. The van der Waals surface area contributed by atoms with E-state index < -0.39 is 0 Å². The Balaban J connectivity index is 2.71. The molecule has 1 unspecified atom stereocenters. The predicted octanol–water partition coefficient (Wildman–Crippen LogP) is 1.68. The van der Waals surface area contributed by atoms with E-state index in [0.29, 0.717) is 0 Å². The number of aryl methyl sites for hydroxylation is 1. The molecule has 0 spiro atoms. The number of hydrogen-bond acceptors (Lipinski definition) is 4. The lowest BCUT2D eigenvalue weighted by Gasteiger charge is -2.19. The fourth-order valence-electron chi connectivity index (χ4n) is 1.19. The molecule has 0 radical (unpaired) electrons. The third-order valence-electron chi connectivity index (χ3n) is 1.89. The van der Waals surface area contributed by atoms with Crippen LogP contribution in [0.15, 0.2) is 11.4 Å². The molecule has 0 saturated heterocycles. The van der Waals surface area contributed by atoms with Crippen molar-refractivity contribution in [2.45, 2.75) is 19.3 Å². The molecule has 1 atom stereocenters. The molecule has 1 rings (SSSR count). The molecule has 0 saturated carbocycles. The highest BCUT2D eigenvalue weighted by molar-refractivity contribution is 7.10. The highest BCUT2D eigenvalue weighted by Gasteiger charge is 2.18. The van der Waals surface area contributed by atoms with Crippen LogP contribution in [-0.2, 0) is 9.47 Å². The van der Waals surface area contributed by atoms with Crippen LogP contribution in [0.2, 0.25) is 0 Å². The molecule has 0 amide bonds. The second kappa shape index (κ2) is 4.72. The van der Waals surface area contributed by atoms with Gasteiger partial charge in [0.05, 0.1) is 6.04 Å². The van der Waals surface area contributed by atoms with Gasteiger partial charge in [0.1, 0.15) is 0 Å². The van der Waals surface area contributed by atoms with Crippen molar-refractivity contribution >= 4 is 11.3 Å². The maximum Gasteiger partial charge on any atom is 0.176 e. The first-order chi connectivity index (χ1) is 6.19. The maximum atomic E-state index is 5.93. The first kappa shape index (κ1) is 10.7. The van der Waals surface area contributed by atoms with Crippen molar-refractivity contribution in [3.63, 3.8) is 0 Å². The molecular weight excluding hydrogens is 186 g/mol. The molecule has 74 valence electrons. The summed E-state index contributed by atoms with van der Waals surface area (Å²) in [5, 5.41) is 2.03. The van der Waals surface area contributed by atoms with E-state index >= 15 is 0 Å². The second-order valence-corrected chi connectivity index (χ2v) is 3.97. The van der Waals surface area contributed by atoms with Crippen LogP contribution in [0.25, 0.3) is 0 Å². The van der Waals surface area contributed by atoms with E-state index in [0.717, 1.165) is 5.56 Å². The summed E-state index contributed by atoms with van der Waals surface area (Å²) in [5.74, 6) is 0. The quantitative estimate of drug-likeness (QED) is 0.754. The minimum absolute atomic E-state index is 0.208. The van der Waals surface area contributed by atoms with E-state index in [-0.39, 0.29) is 12.3 Å². The van der Waals surface area contributed by atoms with Crippen LogP contribution >= 0.6 is 11.3 Å². The zero-order chi connectivity index (χ0) is 9.84. The van der Waals surface area contributed by atoms with E-state index in [1.54, 1.807) is 25.6 Å². The predicted molar refractivity (Wildman–Crippen MR) is 53.8 cm³/mol. The summed E-state index contributed by atoms with van der Waals surface area (Å²) < 4.78 is 10.2. The standard InChI is InChI=1S/C9H15NO2S/c1-6-4-7(5-13-6)8(10)9(11-2)12-3/h4-5,8-9H,10H2,1-3H3. The topological polar surface area (TPSA) is 44.5 Å². The minimum atomic E-state index is -0.367. The summed E-state index contributed by atoms with van der Waals surface area (Å²) in [4.78, 5) is 1.25. The lowest BCUT2D eigenvalue weighted by Crippen LogP contribution is -2.29. The van der Waals surface area contributed by atoms with Crippen LogP contribution < -0.4 is 5.73 Å². The van der Waals surface area contributed by atoms with Crippen LogP contribution in [0.3, 0.4) is 0 Å². The van der Waals surface area contributed by atoms with Gasteiger partial charge in [0, 0.05) is 19.1 Å². The second-order valence-electron chi connectivity index (χ2n) is 2.86. The van der Waals surface area contributed by atoms with Crippen LogP contribution in [0.1, 0.15) is 16.5 Å². The largest absolute Gasteiger partial charge is 0.354 e. The van der Waals surface area contributed by atoms with Crippen LogP contribution in [0.5, 0.6) is 0 Å². The van der Waals surface area contributed by atoms with Crippen molar-refractivity contribution < 1.29 is 9.47 Å². The van der Waals surface area contributed by atoms with Gasteiger partial charge in [-0.3, -0.25) is 0 Å². The third-order valence-corrected chi connectivity index (χ3v) is 2.77. The Hall–Kier alpha value is -0.420. The summed E-state index contributed by atoms with van der Waals surface area (Å²) >= 11 is 1.68. The van der Waals surface area contributed by atoms with Crippen molar-refractivity contribution in [1.29, 1.82) is 0 Å². The Bertz CT molecular complexity index is 258. The number of rotatable bonds is 4. The van der Waals surface area contributed by atoms with Crippen molar-refractivity contribution in [3.05, 3.63) is 21.9 Å². The van der Waals surface area contributed by atoms with E-state index in [1.807, 2.05) is 5.38 Å². The third kappa shape index (κ3) is 2.51. The monoisotopic (exact) mass is 201 g/mol. The Morgan fingerprint density at radius 3 is 2.38 bits per heavy atom. The van der Waals surface area contributed by atoms with Gasteiger partial charge in [-0.1, -0.05) is 0 Å². The number of nitrogens with two attached hydrogens (primary N) is 1. The fraction of sp³-hybridized carbons (Fsp3) is 0.556. The number of methoxy groups -OCH3 is 2. The average molecular weight is 201 g/mol. The molecule has 0 aliphatic carbocycles. The molecule has 0 aromatic carbocycles. The van der Waals surface area contributed by atoms with Crippen LogP contribution in [-0.4, -0.2) is 20.5 Å². The van der Waals surface area contributed by atoms with Gasteiger partial charge < -0.3 is 15.2 Å². The molecule has 1 heterocycles. The number of thiophene rings is 1. The Morgan fingerprint density at radius 2 is 2.00 bits per heavy atom. The smallest absolute Gasteiger partial charge is 0.176 e. The van der Waals surface area contributed by atoms with Gasteiger partial charge >= 0.3 is 0 Å². The van der Waals surface area contributed by atoms with Gasteiger partial charge in [-0.2, -0.15) is 0 Å². The van der Waals surface area contributed by atoms with Gasteiger partial charge in [0.15, 0.2) is 6.29 Å². The van der Waals surface area contributed by atoms with Gasteiger partial charge in [0.25, 0.3) is 0 Å². The van der Waals surface area contributed by atoms with Gasteiger partial charge in [-0.25, -0.2) is 0 Å². The zero-order valence-electron chi connectivity index (χ0n) is 8.11. The molecule has 0 fully saturated rings. The van der Waals surface area contributed by atoms with Gasteiger partial charge in [-0.05, 0) is 23.9 Å². The normalized spacial score (nSPS) is 13.6. The molecule has 13 heavy (non-hydrogen) atoms. The van der Waals surface area contributed by atoms with Crippen LogP contribution in [0.4, 0.5) is 0 Å². The minimum Gasteiger partial charge on any atom is -0.354 e. The lowest BCUT2D eigenvalue weighted by atomic mass is 10.1. The average Bonchev–Trinajstić information content (AvgIpc) is 2.54. The summed E-state index contributed by atoms with van der Waals surface area (Å²) in [6, 6.07) is 1.85. The number of ether oxygens (including phenoxy) is 2. The Morgan fingerprint density at radius 1 is 1.38 bits per heavy atom. The fourth-order valence-corrected chi connectivity index (χ4v) is 1.94. The highest BCUT2D eigenvalue weighted by Crippen LogP contribution is 2.22. The van der Waals surface area contributed by atoms with Gasteiger partial charge in [-0.15, -0.1) is 11.3 Å². The summed E-state index contributed by atoms with van der Waals surface area (Å²) in [6.07, 6.45) is -0.367. The summed E-state index contributed by atoms with van der Waals surface area (Å²) in [7, 11) is 3.18. The summed E-state index contributed by atoms with van der Waals surface area (Å²) in [6.45, 7) is 2.05. The maximum absolute atomic E-state index is 5.93. The van der Waals surface area contributed by atoms with E-state index in [1.165, 1.54) is 4.88 Å². The Labute approximate surface area is 82.5 Å². The first-order valence-corrected chi connectivity index (χ1v) is 4.93. The molecule has 1 aromatic heterocycles. The van der Waals surface area contributed by atoms with Crippen molar-refractivity contribution in [1.82, 2.24) is 0 Å². The molecule has 0 aliphatic heterocycles.